The summed E-state index contributed by atoms with van der Waals surface area (Å²) in [5.41, 5.74) is 9.20. The molecule has 0 unspecified atom stereocenters. The summed E-state index contributed by atoms with van der Waals surface area (Å²) in [4.78, 5) is 3.94. The first-order valence-corrected chi connectivity index (χ1v) is 39.6. The fraction of sp³-hybridized carbons (Fsp3) is 0.0784. The predicted molar refractivity (Wildman–Crippen MR) is 468 cm³/mol. The molecule has 0 saturated carbocycles. The van der Waals surface area contributed by atoms with E-state index in [2.05, 4.69) is 71.9 Å². The number of aromatic nitrogens is 2. The van der Waals surface area contributed by atoms with E-state index < -0.39 is 167 Å². The number of hydrogen-bond acceptors (Lipinski definition) is 2. The fourth-order valence-corrected chi connectivity index (χ4v) is 20.9. The third-order valence-electron chi connectivity index (χ3n) is 21.4. The van der Waals surface area contributed by atoms with E-state index in [-0.39, 0.29) is 106 Å². The molecule has 2 aliphatic heterocycles. The maximum atomic E-state index is 12.0. The first-order chi connectivity index (χ1) is 62.5. The van der Waals surface area contributed by atoms with Crippen molar-refractivity contribution in [1.29, 1.82) is 0 Å². The number of anilines is 6. The van der Waals surface area contributed by atoms with Crippen molar-refractivity contribution in [3.63, 3.8) is 0 Å². The average molecular weight is 1550 g/mol. The molecule has 4 nitrogen and oxygen atoms in total. The Labute approximate surface area is 679 Å². The Kier molecular flexibility index (Phi) is 10.8. The van der Waals surface area contributed by atoms with E-state index in [1.165, 1.54) is 9.13 Å². The molecule has 0 aliphatic carbocycles. The third-order valence-corrected chi connectivity index (χ3v) is 25.9. The molecule has 2 aliphatic rings. The van der Waals surface area contributed by atoms with Crippen LogP contribution >= 0.6 is 0 Å². The van der Waals surface area contributed by atoms with Crippen molar-refractivity contribution < 1.29 is 30.2 Å². The van der Waals surface area contributed by atoms with E-state index in [4.69, 9.17) is 5.48 Å². The normalized spacial score (nSPS) is 15.6. The molecule has 0 N–H and O–H groups in total. The fourth-order valence-electron chi connectivity index (χ4n) is 16.2. The van der Waals surface area contributed by atoms with Gasteiger partial charge in [-0.25, -0.2) is 0 Å². The van der Waals surface area contributed by atoms with Gasteiger partial charge in [-0.3, -0.25) is 0 Å². The quantitative estimate of drug-likeness (QED) is 0.127. The molecule has 109 heavy (non-hydrogen) atoms. The van der Waals surface area contributed by atoms with Gasteiger partial charge in [0, 0.05) is 0 Å². The minimum absolute atomic E-state index is 0.00938. The summed E-state index contributed by atoms with van der Waals surface area (Å²) < 4.78 is 226. The van der Waals surface area contributed by atoms with Gasteiger partial charge in [0.2, 0.25) is 0 Å². The summed E-state index contributed by atoms with van der Waals surface area (Å²) in [5.74, 6) is 0. The predicted octanol–water partition coefficient (Wildman–Crippen LogP) is 25.0. The second-order valence-electron chi connectivity index (χ2n) is 29.8. The van der Waals surface area contributed by atoms with Crippen molar-refractivity contribution in [1.82, 2.24) is 9.13 Å². The molecule has 0 spiro atoms. The van der Waals surface area contributed by atoms with Crippen LogP contribution in [0.5, 0.6) is 0 Å². The minimum atomic E-state index is -1.61. The molecule has 0 saturated heterocycles. The number of benzene rings is 15. The van der Waals surface area contributed by atoms with Crippen LogP contribution in [0.1, 0.15) is 82.8 Å². The van der Waals surface area contributed by atoms with Crippen LogP contribution in [0.2, 0.25) is 0 Å². The first kappa shape index (κ1) is 46.3. The Morgan fingerprint density at radius 3 is 1.04 bits per heavy atom. The Hall–Kier alpha value is -11.9. The van der Waals surface area contributed by atoms with Crippen LogP contribution < -0.4 is 26.2 Å². The monoisotopic (exact) mass is 1550 g/mol. The molecule has 0 fully saturated rings. The molecule has 21 rings (SSSR count). The van der Waals surface area contributed by atoms with Crippen LogP contribution in [0.4, 0.5) is 34.1 Å². The van der Waals surface area contributed by atoms with Crippen molar-refractivity contribution in [2.75, 3.05) is 9.80 Å². The number of hydrogen-bond donors (Lipinski definition) is 0. The van der Waals surface area contributed by atoms with Gasteiger partial charge in [-0.2, -0.15) is 0 Å². The number of rotatable bonds is 10. The third kappa shape index (κ3) is 10.5. The SMILES string of the molecule is [2H]c1c([2H])c(-n2c3[se]c4c([2H])c([2H])c([2H])c([2H])c4c3c3c([2H])c([2H])c([2H])c([2H])c32)c([2H])c2c1B1c3c(cc(-c4cccc(-c5ccccc5)c4)cc3N(c3c(-c4ccccc4)cc(C(C)(C)C)cc3-c3ccccc3)c3c([2H])c(-n4c5[se]c6c([2H])c([2H])c([2H])c([2H])c6c5c5c([2H])c([2H])c([2H])c([2H])c54)c([2H])c([2H])c31)N2c1c(-c2ccccc2)cc(C(C)(C)C)cc1-c1ccccc1. The maximum absolute atomic E-state index is 12.0. The Morgan fingerprint density at radius 1 is 0.312 bits per heavy atom. The van der Waals surface area contributed by atoms with Gasteiger partial charge >= 0.3 is 641 Å². The van der Waals surface area contributed by atoms with Gasteiger partial charge in [-0.15, -0.1) is 0 Å². The van der Waals surface area contributed by atoms with E-state index >= 15 is 0 Å². The Morgan fingerprint density at radius 2 is 0.651 bits per heavy atom. The summed E-state index contributed by atoms with van der Waals surface area (Å²) in [6, 6.07) is 57.1. The van der Waals surface area contributed by atoms with Gasteiger partial charge in [0.15, 0.2) is 0 Å². The van der Waals surface area contributed by atoms with Crippen molar-refractivity contribution >= 4 is 147 Å². The molecule has 15 aromatic carbocycles. The van der Waals surface area contributed by atoms with E-state index in [1.54, 1.807) is 0 Å². The number of nitrogens with zero attached hydrogens (tertiary/aromatic N) is 4. The molecule has 7 heteroatoms. The Bertz CT molecular complexity index is 7720. The van der Waals surface area contributed by atoms with E-state index in [9.17, 15) is 24.7 Å². The molecule has 0 amide bonds. The molecule has 4 aromatic heterocycles. The van der Waals surface area contributed by atoms with Crippen LogP contribution in [0.15, 0.2) is 345 Å². The van der Waals surface area contributed by atoms with Gasteiger partial charge in [-0.1, -0.05) is 36.4 Å². The summed E-state index contributed by atoms with van der Waals surface area (Å²) >= 11 is -2.47. The first-order valence-electron chi connectivity index (χ1n) is 47.2. The van der Waals surface area contributed by atoms with Crippen molar-refractivity contribution in [2.24, 2.45) is 0 Å². The van der Waals surface area contributed by atoms with Crippen molar-refractivity contribution in [3.8, 4) is 78.1 Å². The van der Waals surface area contributed by atoms with Crippen LogP contribution in [0.3, 0.4) is 0 Å². The molecule has 0 bridgehead atoms. The second-order valence-corrected chi connectivity index (χ2v) is 34.0. The molecular formula is C102H75BN4Se2. The van der Waals surface area contributed by atoms with Crippen molar-refractivity contribution in [3.05, 3.63) is 356 Å². The van der Waals surface area contributed by atoms with Gasteiger partial charge in [0.25, 0.3) is 0 Å². The summed E-state index contributed by atoms with van der Waals surface area (Å²) in [6.07, 6.45) is 0. The van der Waals surface area contributed by atoms with Gasteiger partial charge < -0.3 is 0 Å². The molecule has 0 atom stereocenters. The van der Waals surface area contributed by atoms with E-state index in [1.807, 2.05) is 192 Å². The van der Waals surface area contributed by atoms with Gasteiger partial charge in [0.05, 0.1) is 0 Å². The van der Waals surface area contributed by atoms with Crippen LogP contribution in [-0.4, -0.2) is 44.9 Å². The van der Waals surface area contributed by atoms with Crippen LogP contribution in [0, 0.1) is 0 Å². The number of para-hydroxylation sites is 2. The average Bonchev–Trinajstić information content (AvgIpc) is 1.63. The van der Waals surface area contributed by atoms with Crippen LogP contribution in [0.25, 0.3) is 139 Å². The summed E-state index contributed by atoms with van der Waals surface area (Å²) in [7, 11) is 0. The van der Waals surface area contributed by atoms with Gasteiger partial charge in [0.1, 0.15) is 0 Å². The molecule has 0 radical (unpaired) electrons. The zero-order chi connectivity index (χ0) is 92.1. The zero-order valence-corrected chi connectivity index (χ0v) is 63.3. The Balaban J connectivity index is 1.04. The zero-order valence-electron chi connectivity index (χ0n) is 81.9. The van der Waals surface area contributed by atoms with E-state index in [0.717, 1.165) is 22.3 Å². The molecule has 518 valence electrons. The standard InChI is InChI=1S/C102H75BN4Se2/c1-101(2,3)72-58-80(65-33-14-8-15-34-65)97(81(59-72)66-35-16-9-17-36-66)106-88-62-74(104-86-47-26-22-43-76(86)94-78-45-24-28-49-92(78)108-99(94)104)51-53-84(88)103-85-54-52-75(105-87-48-27-23-44-77(87)95-79-46-25-29-50-93(79)109-100(95)105)63-89(85)107(91-57-71(56-90(106)96(91)103)70-42-30-41-69(55-70)64-31-12-7-13-32-64)98-82(67-37-18-10-19-38-67)60-73(102(4,5)6)61-83(98)68-39-20-11-21-40-68/h7-63H,1-6H3/i22D,23D,24D,25D,26D,27D,28D,29D,43D,44D,45D,46D,47D,48D,49D,50D,51D,52D,53D,54D,62D,63D. The van der Waals surface area contributed by atoms with Crippen LogP contribution in [-0.2, 0) is 10.8 Å². The summed E-state index contributed by atoms with van der Waals surface area (Å²) in [6.45, 7) is 11.1. The number of fused-ring (bicyclic) bond motifs is 14. The van der Waals surface area contributed by atoms with Gasteiger partial charge in [-0.05, 0) is 5.56 Å². The molecule has 6 heterocycles. The molecular weight excluding hydrogens is 1450 g/mol. The summed E-state index contributed by atoms with van der Waals surface area (Å²) in [5, 5.41) is -0.205. The molecule has 19 aromatic rings. The van der Waals surface area contributed by atoms with Crippen molar-refractivity contribution in [2.45, 2.75) is 52.4 Å². The topological polar surface area (TPSA) is 16.3 Å². The second kappa shape index (κ2) is 25.4. The van der Waals surface area contributed by atoms with E-state index in [0.29, 0.717) is 83.8 Å².